The van der Waals surface area contributed by atoms with E-state index in [1.54, 1.807) is 0 Å². The summed E-state index contributed by atoms with van der Waals surface area (Å²) in [6, 6.07) is 0. The summed E-state index contributed by atoms with van der Waals surface area (Å²) in [5, 5.41) is 0. The van der Waals surface area contributed by atoms with Crippen molar-refractivity contribution in [2.45, 2.75) is 44.6 Å². The van der Waals surface area contributed by atoms with Gasteiger partial charge in [-0.05, 0) is 32.6 Å². The van der Waals surface area contributed by atoms with E-state index in [0.29, 0.717) is 32.7 Å². The Kier molecular flexibility index (Phi) is 3.71. The van der Waals surface area contributed by atoms with Gasteiger partial charge in [0.1, 0.15) is 0 Å². The fourth-order valence-corrected chi connectivity index (χ4v) is 3.62. The Labute approximate surface area is 120 Å². The summed E-state index contributed by atoms with van der Waals surface area (Å²) in [7, 11) is 0. The molecule has 0 N–H and O–H groups in total. The molecule has 0 atom stereocenters. The number of amides is 2. The first-order valence-electron chi connectivity index (χ1n) is 7.83. The second-order valence-electron chi connectivity index (χ2n) is 6.26. The van der Waals surface area contributed by atoms with Gasteiger partial charge in [0, 0.05) is 45.2 Å². The van der Waals surface area contributed by atoms with Gasteiger partial charge in [0.2, 0.25) is 11.8 Å². The molecule has 1 saturated carbocycles. The van der Waals surface area contributed by atoms with Crippen molar-refractivity contribution < 1.29 is 14.3 Å². The van der Waals surface area contributed by atoms with Gasteiger partial charge in [-0.2, -0.15) is 0 Å². The molecule has 112 valence electrons. The van der Waals surface area contributed by atoms with Gasteiger partial charge in [-0.1, -0.05) is 0 Å². The van der Waals surface area contributed by atoms with E-state index in [0.717, 1.165) is 32.2 Å². The fraction of sp³-hybridized carbons (Fsp3) is 0.867. The molecule has 0 aromatic heterocycles. The number of carbonyl (C=O) groups excluding carboxylic acids is 2. The lowest BCUT2D eigenvalue weighted by Crippen LogP contribution is -2.58. The van der Waals surface area contributed by atoms with Crippen LogP contribution < -0.4 is 0 Å². The lowest BCUT2D eigenvalue weighted by Gasteiger charge is -2.46. The van der Waals surface area contributed by atoms with Gasteiger partial charge in [0.25, 0.3) is 0 Å². The molecule has 0 radical (unpaired) electrons. The van der Waals surface area contributed by atoms with Gasteiger partial charge in [0.05, 0.1) is 5.54 Å². The molecule has 5 heteroatoms. The van der Waals surface area contributed by atoms with Gasteiger partial charge in [-0.3, -0.25) is 9.59 Å². The molecule has 2 heterocycles. The maximum Gasteiger partial charge on any atom is 0.225 e. The Hall–Kier alpha value is -1.10. The van der Waals surface area contributed by atoms with Gasteiger partial charge >= 0.3 is 0 Å². The summed E-state index contributed by atoms with van der Waals surface area (Å²) in [5.74, 6) is 0.692. The zero-order valence-corrected chi connectivity index (χ0v) is 12.3. The van der Waals surface area contributed by atoms with Crippen molar-refractivity contribution in [3.63, 3.8) is 0 Å². The third-order valence-corrected chi connectivity index (χ3v) is 4.93. The summed E-state index contributed by atoms with van der Waals surface area (Å²) in [6.45, 7) is 5.43. The zero-order valence-electron chi connectivity index (χ0n) is 12.3. The monoisotopic (exact) mass is 280 g/mol. The van der Waals surface area contributed by atoms with E-state index in [4.69, 9.17) is 4.74 Å². The van der Waals surface area contributed by atoms with Crippen LogP contribution in [0.15, 0.2) is 0 Å². The van der Waals surface area contributed by atoms with Crippen LogP contribution in [0.25, 0.3) is 0 Å². The minimum atomic E-state index is -0.189. The van der Waals surface area contributed by atoms with E-state index < -0.39 is 0 Å². The van der Waals surface area contributed by atoms with Crippen LogP contribution in [0.3, 0.4) is 0 Å². The van der Waals surface area contributed by atoms with Crippen LogP contribution in [0.2, 0.25) is 0 Å². The molecule has 20 heavy (non-hydrogen) atoms. The predicted molar refractivity (Wildman–Crippen MR) is 74.1 cm³/mol. The van der Waals surface area contributed by atoms with Gasteiger partial charge in [-0.25, -0.2) is 0 Å². The molecular weight excluding hydrogens is 256 g/mol. The number of likely N-dealkylation sites (N-methyl/N-ethyl adjacent to an activating group) is 1. The van der Waals surface area contributed by atoms with Crippen molar-refractivity contribution in [3.05, 3.63) is 0 Å². The maximum absolute atomic E-state index is 12.4. The summed E-state index contributed by atoms with van der Waals surface area (Å²) >= 11 is 0. The van der Waals surface area contributed by atoms with E-state index in [9.17, 15) is 9.59 Å². The van der Waals surface area contributed by atoms with Crippen LogP contribution in [-0.2, 0) is 14.3 Å². The molecule has 2 amide bonds. The molecule has 0 aromatic carbocycles. The third kappa shape index (κ3) is 2.43. The fourth-order valence-electron chi connectivity index (χ4n) is 3.62. The minimum Gasteiger partial charge on any atom is -0.381 e. The van der Waals surface area contributed by atoms with Gasteiger partial charge < -0.3 is 14.5 Å². The van der Waals surface area contributed by atoms with Crippen molar-refractivity contribution >= 4 is 11.8 Å². The second kappa shape index (κ2) is 5.35. The van der Waals surface area contributed by atoms with Gasteiger partial charge in [-0.15, -0.1) is 0 Å². The molecule has 2 saturated heterocycles. The Bertz CT molecular complexity index is 400. The first kappa shape index (κ1) is 13.9. The number of rotatable bonds is 2. The van der Waals surface area contributed by atoms with Crippen LogP contribution in [0.5, 0.6) is 0 Å². The average molecular weight is 280 g/mol. The van der Waals surface area contributed by atoms with Crippen molar-refractivity contribution in [2.75, 3.05) is 32.8 Å². The second-order valence-corrected chi connectivity index (χ2v) is 6.26. The summed E-state index contributed by atoms with van der Waals surface area (Å²) in [6.07, 6.45) is 4.21. The first-order valence-corrected chi connectivity index (χ1v) is 7.83. The van der Waals surface area contributed by atoms with Crippen molar-refractivity contribution in [3.8, 4) is 0 Å². The Morgan fingerprint density at radius 1 is 1.35 bits per heavy atom. The van der Waals surface area contributed by atoms with Crippen molar-refractivity contribution in [1.82, 2.24) is 9.80 Å². The van der Waals surface area contributed by atoms with Gasteiger partial charge in [0.15, 0.2) is 0 Å². The third-order valence-electron chi connectivity index (χ3n) is 4.93. The number of hydrogen-bond donors (Lipinski definition) is 0. The zero-order chi connectivity index (χ0) is 14.2. The molecule has 5 nitrogen and oxygen atoms in total. The molecule has 1 spiro atoms. The molecule has 0 bridgehead atoms. The highest BCUT2D eigenvalue weighted by molar-refractivity contribution is 5.83. The largest absolute Gasteiger partial charge is 0.381 e. The molecule has 1 aliphatic carbocycles. The highest BCUT2D eigenvalue weighted by Crippen LogP contribution is 2.36. The molecule has 3 rings (SSSR count). The highest BCUT2D eigenvalue weighted by atomic mass is 16.5. The molecular formula is C15H24N2O3. The lowest BCUT2D eigenvalue weighted by atomic mass is 9.87. The molecule has 0 unspecified atom stereocenters. The molecule has 3 aliphatic rings. The minimum absolute atomic E-state index is 0.189. The molecule has 2 aliphatic heterocycles. The van der Waals surface area contributed by atoms with E-state index in [1.165, 1.54) is 0 Å². The average Bonchev–Trinajstić information content (AvgIpc) is 3.28. The van der Waals surface area contributed by atoms with E-state index >= 15 is 0 Å². The maximum atomic E-state index is 12.4. The Morgan fingerprint density at radius 2 is 2.05 bits per heavy atom. The van der Waals surface area contributed by atoms with Crippen LogP contribution in [-0.4, -0.2) is 60.0 Å². The van der Waals surface area contributed by atoms with Crippen LogP contribution in [0, 0.1) is 5.92 Å². The summed E-state index contributed by atoms with van der Waals surface area (Å²) < 4.78 is 5.48. The normalized spacial score (nSPS) is 26.8. The predicted octanol–water partition coefficient (Wildman–Crippen LogP) is 1.03. The van der Waals surface area contributed by atoms with Crippen LogP contribution in [0.4, 0.5) is 0 Å². The number of hydrogen-bond acceptors (Lipinski definition) is 3. The molecule has 3 fully saturated rings. The van der Waals surface area contributed by atoms with Crippen LogP contribution in [0.1, 0.15) is 39.0 Å². The first-order chi connectivity index (χ1) is 9.66. The topological polar surface area (TPSA) is 49.9 Å². The lowest BCUT2D eigenvalue weighted by molar-refractivity contribution is -0.142. The number of ether oxygens (including phenoxy) is 1. The Balaban J connectivity index is 1.84. The molecule has 0 aromatic rings. The van der Waals surface area contributed by atoms with Crippen molar-refractivity contribution in [1.29, 1.82) is 0 Å². The van der Waals surface area contributed by atoms with Crippen LogP contribution >= 0.6 is 0 Å². The quantitative estimate of drug-likeness (QED) is 0.759. The van der Waals surface area contributed by atoms with E-state index in [1.807, 2.05) is 16.7 Å². The highest BCUT2D eigenvalue weighted by Gasteiger charge is 2.46. The number of carbonyl (C=O) groups is 2. The number of nitrogens with zero attached hydrogens (tertiary/aromatic N) is 2. The Morgan fingerprint density at radius 3 is 2.65 bits per heavy atom. The van der Waals surface area contributed by atoms with E-state index in [2.05, 4.69) is 0 Å². The van der Waals surface area contributed by atoms with E-state index in [-0.39, 0.29) is 23.3 Å². The smallest absolute Gasteiger partial charge is 0.225 e. The SMILES string of the molecule is CCN1C(=O)CCN(C(=O)C2CC2)CC12CCOCC2. The summed E-state index contributed by atoms with van der Waals surface area (Å²) in [5.41, 5.74) is -0.189. The summed E-state index contributed by atoms with van der Waals surface area (Å²) in [4.78, 5) is 28.8. The standard InChI is InChI=1S/C15H24N2O3/c1-2-17-13(18)5-8-16(14(19)12-3-4-12)11-15(17)6-9-20-10-7-15/h12H,2-11H2,1H3. The van der Waals surface area contributed by atoms with Crippen molar-refractivity contribution in [2.24, 2.45) is 5.92 Å².